The molecule has 0 bridgehead atoms. The van der Waals surface area contributed by atoms with Gasteiger partial charge in [-0.05, 0) is 125 Å². The zero-order valence-corrected chi connectivity index (χ0v) is 37.2. The van der Waals surface area contributed by atoms with Crippen molar-refractivity contribution in [1.29, 1.82) is 0 Å². The summed E-state index contributed by atoms with van der Waals surface area (Å²) in [4.78, 5) is 4.55. The Balaban J connectivity index is 1.50. The van der Waals surface area contributed by atoms with Crippen LogP contribution in [0.25, 0.3) is 11.1 Å². The molecule has 59 heavy (non-hydrogen) atoms. The molecule has 0 saturated heterocycles. The Morgan fingerprint density at radius 3 is 1.36 bits per heavy atom. The van der Waals surface area contributed by atoms with Crippen molar-refractivity contribution in [2.24, 2.45) is 0 Å². The Labute approximate surface area is 370 Å². The molecular formula is C56H65BN2. The van der Waals surface area contributed by atoms with Crippen LogP contribution >= 0.6 is 0 Å². The van der Waals surface area contributed by atoms with Crippen LogP contribution in [0.1, 0.15) is 145 Å². The molecule has 0 aliphatic carbocycles. The molecule has 0 spiro atoms. The van der Waals surface area contributed by atoms with Gasteiger partial charge in [-0.15, -0.1) is 0 Å². The third kappa shape index (κ3) is 7.23. The van der Waals surface area contributed by atoms with E-state index in [9.17, 15) is 5.48 Å². The lowest BCUT2D eigenvalue weighted by molar-refractivity contribution is 0.590. The average Bonchev–Trinajstić information content (AvgIpc) is 3.23. The van der Waals surface area contributed by atoms with Gasteiger partial charge in [-0.3, -0.25) is 0 Å². The first-order chi connectivity index (χ1) is 31.6. The molecule has 0 atom stereocenters. The summed E-state index contributed by atoms with van der Waals surface area (Å²) in [6, 6.07) is 32.3. The van der Waals surface area contributed by atoms with E-state index in [0.717, 1.165) is 57.4 Å². The van der Waals surface area contributed by atoms with Crippen LogP contribution in [-0.4, -0.2) is 6.71 Å². The molecule has 0 amide bonds. The van der Waals surface area contributed by atoms with Crippen molar-refractivity contribution in [1.82, 2.24) is 0 Å². The number of anilines is 6. The van der Waals surface area contributed by atoms with Gasteiger partial charge in [0.15, 0.2) is 0 Å². The van der Waals surface area contributed by atoms with E-state index in [4.69, 9.17) is 8.22 Å². The van der Waals surface area contributed by atoms with E-state index in [2.05, 4.69) is 172 Å². The van der Waals surface area contributed by atoms with Crippen molar-refractivity contribution < 1.29 is 13.7 Å². The molecule has 2 aliphatic heterocycles. The van der Waals surface area contributed by atoms with Gasteiger partial charge in [-0.25, -0.2) is 0 Å². The number of benzene rings is 6. The van der Waals surface area contributed by atoms with Crippen LogP contribution in [0.3, 0.4) is 0 Å². The molecule has 0 fully saturated rings. The molecular weight excluding hydrogens is 711 g/mol. The Morgan fingerprint density at radius 2 is 0.864 bits per heavy atom. The normalized spacial score (nSPS) is 17.1. The van der Waals surface area contributed by atoms with Crippen molar-refractivity contribution in [3.63, 3.8) is 0 Å². The Kier molecular flexibility index (Phi) is 7.02. The van der Waals surface area contributed by atoms with Gasteiger partial charge in [0.2, 0.25) is 0 Å². The standard InChI is InChI=1S/C56H65BN2/c1-52(2,3)37-21-19-36(20-22-37)43-33-39(54(7,8)9)25-30-46(43)59-48-32-27-41(56(13,14)15)35-45(48)57-44-34-40(55(10,11)12)26-31-47(44)58(49-17-16-18-50(59)51(49)57)42-28-23-38(24-29-42)53(4,5)6/h16-35H,1-15H3/i1D3,2D3,19D,20D,21D,22D. The number of hydrogen-bond donors (Lipinski definition) is 0. The maximum atomic E-state index is 9.67. The minimum absolute atomic E-state index is 0.0453. The van der Waals surface area contributed by atoms with E-state index < -0.39 is 54.3 Å². The first kappa shape index (κ1) is 30.1. The summed E-state index contributed by atoms with van der Waals surface area (Å²) in [7, 11) is 0. The molecule has 0 saturated carbocycles. The second-order valence-electron chi connectivity index (χ2n) is 21.0. The zero-order chi connectivity index (χ0) is 51.1. The third-order valence-corrected chi connectivity index (χ3v) is 12.2. The molecule has 0 N–H and O–H groups in total. The van der Waals surface area contributed by atoms with Crippen LogP contribution in [-0.2, 0) is 27.1 Å². The lowest BCUT2D eigenvalue weighted by Gasteiger charge is -2.45. The van der Waals surface area contributed by atoms with Crippen LogP contribution in [0, 0.1) is 0 Å². The summed E-state index contributed by atoms with van der Waals surface area (Å²) in [6.45, 7) is 20.6. The predicted octanol–water partition coefficient (Wildman–Crippen LogP) is 13.9. The van der Waals surface area contributed by atoms with Crippen molar-refractivity contribution in [2.45, 2.75) is 131 Å². The highest BCUT2D eigenvalue weighted by Crippen LogP contribution is 2.48. The number of fused-ring (bicyclic) bond motifs is 4. The zero-order valence-electron chi connectivity index (χ0n) is 47.2. The smallest absolute Gasteiger partial charge is 0.252 e. The second-order valence-corrected chi connectivity index (χ2v) is 21.0. The molecule has 8 rings (SSSR count). The Morgan fingerprint density at radius 1 is 0.424 bits per heavy atom. The minimum atomic E-state index is -3.19. The first-order valence-electron chi connectivity index (χ1n) is 26.0. The minimum Gasteiger partial charge on any atom is -0.311 e. The fourth-order valence-electron chi connectivity index (χ4n) is 8.62. The van der Waals surface area contributed by atoms with Gasteiger partial charge in [0.1, 0.15) is 0 Å². The molecule has 0 unspecified atom stereocenters. The highest BCUT2D eigenvalue weighted by atomic mass is 15.2. The van der Waals surface area contributed by atoms with E-state index in [-0.39, 0.29) is 28.5 Å². The number of nitrogens with zero attached hydrogens (tertiary/aromatic N) is 2. The predicted molar refractivity (Wildman–Crippen MR) is 259 cm³/mol. The molecule has 302 valence electrons. The summed E-state index contributed by atoms with van der Waals surface area (Å²) in [5, 5.41) is 0. The largest absolute Gasteiger partial charge is 0.311 e. The van der Waals surface area contributed by atoms with Gasteiger partial charge in [-0.2, -0.15) is 0 Å². The molecule has 2 heterocycles. The van der Waals surface area contributed by atoms with Gasteiger partial charge < -0.3 is 9.80 Å². The summed E-state index contributed by atoms with van der Waals surface area (Å²) in [6.07, 6.45) is 0. The Hall–Kier alpha value is -5.02. The summed E-state index contributed by atoms with van der Waals surface area (Å²) >= 11 is 0. The average molecular weight is 787 g/mol. The molecule has 6 aromatic rings. The van der Waals surface area contributed by atoms with Crippen molar-refractivity contribution in [3.8, 4) is 11.1 Å². The van der Waals surface area contributed by atoms with E-state index >= 15 is 0 Å². The van der Waals surface area contributed by atoms with E-state index in [0.29, 0.717) is 11.3 Å². The maximum absolute atomic E-state index is 9.67. The maximum Gasteiger partial charge on any atom is 0.252 e. The van der Waals surface area contributed by atoms with Crippen molar-refractivity contribution in [2.75, 3.05) is 9.80 Å². The van der Waals surface area contributed by atoms with E-state index in [1.807, 2.05) is 18.2 Å². The lowest BCUT2D eigenvalue weighted by Crippen LogP contribution is -2.61. The van der Waals surface area contributed by atoms with Gasteiger partial charge in [0.25, 0.3) is 6.71 Å². The summed E-state index contributed by atoms with van der Waals surface area (Å²) < 4.78 is 88.6. The molecule has 0 aromatic heterocycles. The van der Waals surface area contributed by atoms with Crippen LogP contribution in [0.5, 0.6) is 0 Å². The van der Waals surface area contributed by atoms with Crippen LogP contribution in [0.2, 0.25) is 0 Å². The number of rotatable bonds is 3. The third-order valence-electron chi connectivity index (χ3n) is 12.2. The van der Waals surface area contributed by atoms with Crippen LogP contribution in [0.4, 0.5) is 34.1 Å². The quantitative estimate of drug-likeness (QED) is 0.165. The van der Waals surface area contributed by atoms with Crippen molar-refractivity contribution in [3.05, 3.63) is 149 Å². The molecule has 2 nitrogen and oxygen atoms in total. The molecule has 3 heteroatoms. The second kappa shape index (κ2) is 13.8. The fraction of sp³-hybridized carbons (Fsp3) is 0.357. The summed E-state index contributed by atoms with van der Waals surface area (Å²) in [5.74, 6) is 0. The summed E-state index contributed by atoms with van der Waals surface area (Å²) in [5.41, 5.74) is 9.42. The molecule has 0 radical (unpaired) electrons. The highest BCUT2D eigenvalue weighted by Gasteiger charge is 2.44. The number of hydrogen-bond acceptors (Lipinski definition) is 2. The SMILES string of the molecule is [2H]c1c([2H])c(C(C)(C([2H])([2H])[2H])C([2H])([2H])[2H])c([2H])c([2H])c1-c1cc(C(C)(C)C)ccc1N1c2ccc(C(C)(C)C)cc2B2c3cc(C(C)(C)C)ccc3N(c3ccc(C(C)(C)C)cc3)c3cccc1c32. The van der Waals surface area contributed by atoms with Gasteiger partial charge >= 0.3 is 0 Å². The fourth-order valence-corrected chi connectivity index (χ4v) is 8.62. The molecule has 6 aromatic carbocycles. The molecule has 2 aliphatic rings. The monoisotopic (exact) mass is 787 g/mol. The van der Waals surface area contributed by atoms with Crippen molar-refractivity contribution >= 4 is 57.2 Å². The van der Waals surface area contributed by atoms with Crippen LogP contribution < -0.4 is 26.2 Å². The lowest BCUT2D eigenvalue weighted by atomic mass is 9.33. The Bertz CT molecular complexity index is 2990. The van der Waals surface area contributed by atoms with Crippen LogP contribution in [0.15, 0.2) is 121 Å². The topological polar surface area (TPSA) is 6.48 Å². The van der Waals surface area contributed by atoms with E-state index in [1.54, 1.807) is 0 Å². The van der Waals surface area contributed by atoms with E-state index in [1.165, 1.54) is 16.6 Å². The van der Waals surface area contributed by atoms with Gasteiger partial charge in [0, 0.05) is 42.2 Å². The van der Waals surface area contributed by atoms with Gasteiger partial charge in [0.05, 0.1) is 11.2 Å². The first-order valence-corrected chi connectivity index (χ1v) is 21.0. The highest BCUT2D eigenvalue weighted by molar-refractivity contribution is 7.00. The van der Waals surface area contributed by atoms with Gasteiger partial charge in [-0.1, -0.05) is 176 Å².